The molecule has 4 aromatic heterocycles. The highest BCUT2D eigenvalue weighted by Crippen LogP contribution is 2.35. The number of rotatable bonds is 3. The van der Waals surface area contributed by atoms with Gasteiger partial charge in [0.05, 0.1) is 35.6 Å². The van der Waals surface area contributed by atoms with Crippen LogP contribution in [-0.2, 0) is 16.0 Å². The monoisotopic (exact) mass is 468 g/mol. The normalized spacial score (nSPS) is 17.7. The summed E-state index contributed by atoms with van der Waals surface area (Å²) in [6.45, 7) is 10.1. The predicted octanol–water partition coefficient (Wildman–Crippen LogP) is 4.81. The Bertz CT molecular complexity index is 1530. The zero-order valence-electron chi connectivity index (χ0n) is 19.2. The van der Waals surface area contributed by atoms with Crippen LogP contribution in [0.4, 0.5) is 5.69 Å². The van der Waals surface area contributed by atoms with Crippen LogP contribution >= 0.6 is 0 Å². The van der Waals surface area contributed by atoms with E-state index in [1.54, 1.807) is 0 Å². The van der Waals surface area contributed by atoms with Gasteiger partial charge in [0.25, 0.3) is 6.47 Å². The van der Waals surface area contributed by atoms with Gasteiger partial charge in [-0.15, -0.1) is 0 Å². The van der Waals surface area contributed by atoms with E-state index in [0.29, 0.717) is 12.1 Å². The maximum absolute atomic E-state index is 8.36. The number of aromatic nitrogens is 5. The fourth-order valence-electron chi connectivity index (χ4n) is 4.84. The molecule has 1 aromatic carbocycles. The number of hydrogen-bond acceptors (Lipinski definition) is 5. The third-order valence-corrected chi connectivity index (χ3v) is 6.28. The molecule has 0 unspecified atom stereocenters. The van der Waals surface area contributed by atoms with Gasteiger partial charge in [-0.25, -0.2) is 14.8 Å². The van der Waals surface area contributed by atoms with Crippen LogP contribution in [0.3, 0.4) is 0 Å². The summed E-state index contributed by atoms with van der Waals surface area (Å²) in [6, 6.07) is 12.0. The topological polar surface area (TPSA) is 98.9 Å². The van der Waals surface area contributed by atoms with Crippen molar-refractivity contribution in [1.82, 2.24) is 23.9 Å². The molecule has 6 rings (SSSR count). The van der Waals surface area contributed by atoms with E-state index in [1.807, 2.05) is 53.2 Å². The molecule has 5 aromatic rings. The van der Waals surface area contributed by atoms with Crippen LogP contribution < -0.4 is 0 Å². The summed E-state index contributed by atoms with van der Waals surface area (Å²) < 4.78 is 10.2. The maximum Gasteiger partial charge on any atom is 0.290 e. The molecule has 1 fully saturated rings. The van der Waals surface area contributed by atoms with Gasteiger partial charge in [0.15, 0.2) is 5.69 Å². The number of pyridine rings is 2. The lowest BCUT2D eigenvalue weighted by molar-refractivity contribution is -0.122. The molecule has 5 heterocycles. The smallest absolute Gasteiger partial charge is 0.290 e. The lowest BCUT2D eigenvalue weighted by Gasteiger charge is -2.30. The minimum Gasteiger partial charge on any atom is -0.483 e. The Hall–Kier alpha value is -4.29. The number of hydrogen-bond donors (Lipinski definition) is 1. The van der Waals surface area contributed by atoms with Crippen molar-refractivity contribution in [3.05, 3.63) is 77.9 Å². The summed E-state index contributed by atoms with van der Waals surface area (Å²) in [4.78, 5) is 26.4. The molecule has 0 aliphatic carbocycles. The Balaban J connectivity index is 0.000000806. The average Bonchev–Trinajstić information content (AvgIpc) is 3.45. The third kappa shape index (κ3) is 4.32. The summed E-state index contributed by atoms with van der Waals surface area (Å²) in [5.74, 6) is 0.977. The Morgan fingerprint density at radius 2 is 2.11 bits per heavy atom. The van der Waals surface area contributed by atoms with Gasteiger partial charge >= 0.3 is 0 Å². The van der Waals surface area contributed by atoms with Crippen molar-refractivity contribution in [1.29, 1.82) is 0 Å². The fraction of sp³-hybridized carbons (Fsp3) is 0.269. The van der Waals surface area contributed by atoms with Crippen molar-refractivity contribution in [3.63, 3.8) is 0 Å². The second-order valence-corrected chi connectivity index (χ2v) is 8.54. The van der Waals surface area contributed by atoms with E-state index in [4.69, 9.17) is 31.2 Å². The second-order valence-electron chi connectivity index (χ2n) is 8.54. The van der Waals surface area contributed by atoms with Crippen LogP contribution in [0.25, 0.3) is 32.4 Å². The van der Waals surface area contributed by atoms with Gasteiger partial charge in [-0.05, 0) is 44.0 Å². The zero-order chi connectivity index (χ0) is 24.4. The minimum atomic E-state index is -0.250. The molecule has 9 nitrogen and oxygen atoms in total. The summed E-state index contributed by atoms with van der Waals surface area (Å²) in [7, 11) is 0. The van der Waals surface area contributed by atoms with E-state index in [1.165, 1.54) is 0 Å². The molecule has 1 aliphatic rings. The molecule has 35 heavy (non-hydrogen) atoms. The van der Waals surface area contributed by atoms with Crippen molar-refractivity contribution in [2.45, 2.75) is 38.3 Å². The largest absolute Gasteiger partial charge is 0.483 e. The van der Waals surface area contributed by atoms with Crippen LogP contribution in [0.5, 0.6) is 0 Å². The Labute approximate surface area is 201 Å². The number of carboxylic acid groups (broad SMARTS) is 1. The van der Waals surface area contributed by atoms with Gasteiger partial charge in [-0.2, -0.15) is 0 Å². The average molecular weight is 469 g/mol. The standard InChI is InChI=1S/C25H22N6O.CH2O2/c1-16-11-19(8-10-32-16)31-24(13-18-15-30-9-4-3-5-23(30)28-18)29-22-14-27-21-7-6-17(26-2)12-20(21)25(22)31;2-1-3/h3-7,9,12,14-16,19H,8,10-11,13H2,1H3;1H,(H,2,3)/t16-,19-;/m1./s1. The van der Waals surface area contributed by atoms with Crippen molar-refractivity contribution in [2.24, 2.45) is 0 Å². The maximum atomic E-state index is 8.36. The molecule has 0 saturated carbocycles. The molecule has 9 heteroatoms. The molecule has 0 bridgehead atoms. The van der Waals surface area contributed by atoms with E-state index in [9.17, 15) is 0 Å². The van der Waals surface area contributed by atoms with Gasteiger partial charge in [-0.3, -0.25) is 9.78 Å². The quantitative estimate of drug-likeness (QED) is 0.301. The molecule has 0 amide bonds. The first-order chi connectivity index (χ1) is 17.1. The van der Waals surface area contributed by atoms with Crippen LogP contribution in [0.2, 0.25) is 0 Å². The Morgan fingerprint density at radius 3 is 2.89 bits per heavy atom. The molecular formula is C26H24N6O3. The molecule has 2 atom stereocenters. The summed E-state index contributed by atoms with van der Waals surface area (Å²) >= 11 is 0. The lowest BCUT2D eigenvalue weighted by atomic mass is 10.0. The lowest BCUT2D eigenvalue weighted by Crippen LogP contribution is -2.26. The van der Waals surface area contributed by atoms with Crippen molar-refractivity contribution in [2.75, 3.05) is 6.61 Å². The summed E-state index contributed by atoms with van der Waals surface area (Å²) in [5.41, 5.74) is 5.31. The first-order valence-corrected chi connectivity index (χ1v) is 11.4. The molecule has 1 aliphatic heterocycles. The van der Waals surface area contributed by atoms with Crippen LogP contribution in [0.15, 0.2) is 55.0 Å². The number of ether oxygens (including phenoxy) is 1. The van der Waals surface area contributed by atoms with Crippen LogP contribution in [0.1, 0.15) is 37.3 Å². The van der Waals surface area contributed by atoms with E-state index in [0.717, 1.165) is 58.6 Å². The zero-order valence-corrected chi connectivity index (χ0v) is 19.2. The number of fused-ring (bicyclic) bond motifs is 4. The van der Waals surface area contributed by atoms with Gasteiger partial charge in [0.2, 0.25) is 0 Å². The SMILES string of the molecule is O=CO.[C-]#[N+]c1ccc2ncc3nc(Cc4cn5ccccc5n4)n([C@@H]4CCO[C@H](C)C4)c3c2c1. The Kier molecular flexibility index (Phi) is 6.12. The fourth-order valence-corrected chi connectivity index (χ4v) is 4.84. The van der Waals surface area contributed by atoms with Gasteiger partial charge < -0.3 is 18.8 Å². The molecule has 0 spiro atoms. The van der Waals surface area contributed by atoms with Gasteiger partial charge in [0.1, 0.15) is 17.0 Å². The predicted molar refractivity (Wildman–Crippen MR) is 132 cm³/mol. The molecular weight excluding hydrogens is 444 g/mol. The van der Waals surface area contributed by atoms with Crippen molar-refractivity contribution in [3.8, 4) is 0 Å². The van der Waals surface area contributed by atoms with E-state index in [2.05, 4.69) is 27.5 Å². The number of imidazole rings is 2. The highest BCUT2D eigenvalue weighted by atomic mass is 16.5. The summed E-state index contributed by atoms with van der Waals surface area (Å²) in [6.07, 6.45) is 8.61. The van der Waals surface area contributed by atoms with Gasteiger partial charge in [-0.1, -0.05) is 12.1 Å². The highest BCUT2D eigenvalue weighted by Gasteiger charge is 2.26. The molecule has 1 saturated heterocycles. The number of nitrogens with zero attached hydrogens (tertiary/aromatic N) is 6. The first kappa shape index (κ1) is 22.5. The van der Waals surface area contributed by atoms with Crippen LogP contribution in [-0.4, -0.2) is 48.2 Å². The minimum absolute atomic E-state index is 0.196. The second kappa shape index (κ2) is 9.52. The highest BCUT2D eigenvalue weighted by molar-refractivity contribution is 6.03. The molecule has 176 valence electrons. The van der Waals surface area contributed by atoms with Crippen molar-refractivity contribution >= 4 is 39.7 Å². The summed E-state index contributed by atoms with van der Waals surface area (Å²) in [5, 5.41) is 7.86. The Morgan fingerprint density at radius 1 is 1.26 bits per heavy atom. The number of carbonyl (C=O) groups is 1. The molecule has 1 N–H and O–H groups in total. The van der Waals surface area contributed by atoms with Crippen LogP contribution in [0, 0.1) is 6.57 Å². The van der Waals surface area contributed by atoms with Gasteiger partial charge in [0, 0.05) is 36.8 Å². The van der Waals surface area contributed by atoms with Crippen molar-refractivity contribution < 1.29 is 14.6 Å². The van der Waals surface area contributed by atoms with E-state index in [-0.39, 0.29) is 18.6 Å². The van der Waals surface area contributed by atoms with E-state index >= 15 is 0 Å². The molecule has 0 radical (unpaired) electrons. The third-order valence-electron chi connectivity index (χ3n) is 6.28. The van der Waals surface area contributed by atoms with E-state index < -0.39 is 0 Å². The first-order valence-electron chi connectivity index (χ1n) is 11.4. The number of benzene rings is 1.